The number of hydrogen-bond donors (Lipinski definition) is 2. The van der Waals surface area contributed by atoms with E-state index in [1.165, 1.54) is 0 Å². The summed E-state index contributed by atoms with van der Waals surface area (Å²) in [6, 6.07) is 21.1. The number of pyridine rings is 1. The van der Waals surface area contributed by atoms with Gasteiger partial charge in [0, 0.05) is 24.1 Å². The first kappa shape index (κ1) is 18.1. The summed E-state index contributed by atoms with van der Waals surface area (Å²) in [6.45, 7) is 0.602. The molecule has 0 radical (unpaired) electrons. The van der Waals surface area contributed by atoms with Crippen LogP contribution >= 0.6 is 0 Å². The lowest BCUT2D eigenvalue weighted by molar-refractivity contribution is -0.119. The third-order valence-electron chi connectivity index (χ3n) is 3.64. The van der Waals surface area contributed by atoms with Gasteiger partial charge in [0.25, 0.3) is 5.91 Å². The van der Waals surface area contributed by atoms with E-state index in [2.05, 4.69) is 20.8 Å². The number of anilines is 1. The molecule has 0 spiro atoms. The van der Waals surface area contributed by atoms with Crippen LogP contribution in [-0.2, 0) is 11.4 Å². The number of nitrogens with zero attached hydrogens (tertiary/aromatic N) is 2. The van der Waals surface area contributed by atoms with E-state index in [0.717, 1.165) is 22.6 Å². The molecule has 136 valence electrons. The first-order valence-corrected chi connectivity index (χ1v) is 8.52. The molecule has 0 bridgehead atoms. The van der Waals surface area contributed by atoms with Crippen LogP contribution in [0, 0.1) is 0 Å². The van der Waals surface area contributed by atoms with E-state index >= 15 is 0 Å². The molecule has 1 aromatic heterocycles. The van der Waals surface area contributed by atoms with Gasteiger partial charge in [-0.15, -0.1) is 0 Å². The maximum atomic E-state index is 11.9. The molecule has 6 heteroatoms. The molecule has 6 nitrogen and oxygen atoms in total. The molecule has 3 rings (SSSR count). The lowest BCUT2D eigenvalue weighted by atomic mass is 10.2. The predicted molar refractivity (Wildman–Crippen MR) is 106 cm³/mol. The SMILES string of the molecule is O=C(CNc1cccc(OCc2ccccc2)c1)NN=Cc1ccncc1. The van der Waals surface area contributed by atoms with Gasteiger partial charge in [-0.25, -0.2) is 5.43 Å². The zero-order valence-corrected chi connectivity index (χ0v) is 14.7. The second-order valence-electron chi connectivity index (χ2n) is 5.73. The highest BCUT2D eigenvalue weighted by Gasteiger charge is 2.01. The molecule has 2 aromatic carbocycles. The van der Waals surface area contributed by atoms with E-state index in [-0.39, 0.29) is 12.5 Å². The highest BCUT2D eigenvalue weighted by Crippen LogP contribution is 2.18. The number of carbonyl (C=O) groups is 1. The molecule has 0 aliphatic carbocycles. The zero-order valence-electron chi connectivity index (χ0n) is 14.7. The van der Waals surface area contributed by atoms with Gasteiger partial charge >= 0.3 is 0 Å². The van der Waals surface area contributed by atoms with Crippen molar-refractivity contribution in [1.82, 2.24) is 10.4 Å². The van der Waals surface area contributed by atoms with E-state index in [9.17, 15) is 4.79 Å². The number of hydrazone groups is 1. The number of rotatable bonds is 8. The fourth-order valence-electron chi connectivity index (χ4n) is 2.29. The number of hydrogen-bond acceptors (Lipinski definition) is 5. The van der Waals surface area contributed by atoms with Gasteiger partial charge in [-0.05, 0) is 35.4 Å². The molecule has 0 saturated heterocycles. The summed E-state index contributed by atoms with van der Waals surface area (Å²) in [5.41, 5.74) is 5.24. The lowest BCUT2D eigenvalue weighted by Crippen LogP contribution is -2.25. The third kappa shape index (κ3) is 6.28. The van der Waals surface area contributed by atoms with E-state index in [1.54, 1.807) is 30.7 Å². The summed E-state index contributed by atoms with van der Waals surface area (Å²) in [5, 5.41) is 6.97. The second kappa shape index (κ2) is 9.72. The van der Waals surface area contributed by atoms with E-state index in [1.807, 2.05) is 54.6 Å². The van der Waals surface area contributed by atoms with Gasteiger partial charge in [-0.1, -0.05) is 36.4 Å². The minimum Gasteiger partial charge on any atom is -0.489 e. The Morgan fingerprint density at radius 1 is 1.04 bits per heavy atom. The van der Waals surface area contributed by atoms with Crippen molar-refractivity contribution in [2.24, 2.45) is 5.10 Å². The Bertz CT molecular complexity index is 883. The van der Waals surface area contributed by atoms with E-state index in [0.29, 0.717) is 6.61 Å². The first-order valence-electron chi connectivity index (χ1n) is 8.52. The van der Waals surface area contributed by atoms with Crippen molar-refractivity contribution in [2.45, 2.75) is 6.61 Å². The molecule has 3 aromatic rings. The van der Waals surface area contributed by atoms with Gasteiger partial charge in [0.2, 0.25) is 0 Å². The van der Waals surface area contributed by atoms with Crippen LogP contribution in [0.4, 0.5) is 5.69 Å². The molecule has 0 unspecified atom stereocenters. The van der Waals surface area contributed by atoms with Crippen LogP contribution < -0.4 is 15.5 Å². The molecule has 27 heavy (non-hydrogen) atoms. The van der Waals surface area contributed by atoms with Crippen LogP contribution in [0.3, 0.4) is 0 Å². The number of benzene rings is 2. The molecule has 0 saturated carbocycles. The highest BCUT2D eigenvalue weighted by atomic mass is 16.5. The first-order chi connectivity index (χ1) is 13.3. The van der Waals surface area contributed by atoms with Crippen LogP contribution in [0.5, 0.6) is 5.75 Å². The molecule has 1 amide bonds. The lowest BCUT2D eigenvalue weighted by Gasteiger charge is -2.09. The minimum atomic E-state index is -0.240. The summed E-state index contributed by atoms with van der Waals surface area (Å²) in [7, 11) is 0. The van der Waals surface area contributed by atoms with Crippen molar-refractivity contribution in [3.8, 4) is 5.75 Å². The van der Waals surface area contributed by atoms with Gasteiger partial charge in [-0.3, -0.25) is 9.78 Å². The Morgan fingerprint density at radius 3 is 2.67 bits per heavy atom. The van der Waals surface area contributed by atoms with Crippen molar-refractivity contribution < 1.29 is 9.53 Å². The van der Waals surface area contributed by atoms with Crippen molar-refractivity contribution in [3.63, 3.8) is 0 Å². The van der Waals surface area contributed by atoms with Crippen LogP contribution in [-0.4, -0.2) is 23.7 Å². The zero-order chi connectivity index (χ0) is 18.7. The Labute approximate surface area is 157 Å². The predicted octanol–water partition coefficient (Wildman–Crippen LogP) is 3.22. The number of carbonyl (C=O) groups excluding carboxylic acids is 1. The van der Waals surface area contributed by atoms with Crippen LogP contribution in [0.2, 0.25) is 0 Å². The highest BCUT2D eigenvalue weighted by molar-refractivity contribution is 5.84. The molecular weight excluding hydrogens is 340 g/mol. The summed E-state index contributed by atoms with van der Waals surface area (Å²) in [4.78, 5) is 15.8. The Hall–Kier alpha value is -3.67. The van der Waals surface area contributed by atoms with Crippen molar-refractivity contribution in [2.75, 3.05) is 11.9 Å². The van der Waals surface area contributed by atoms with Crippen LogP contribution in [0.25, 0.3) is 0 Å². The normalized spacial score (nSPS) is 10.5. The smallest absolute Gasteiger partial charge is 0.259 e. The quantitative estimate of drug-likeness (QED) is 0.478. The average molecular weight is 360 g/mol. The van der Waals surface area contributed by atoms with Gasteiger partial charge in [0.05, 0.1) is 12.8 Å². The minimum absolute atomic E-state index is 0.107. The van der Waals surface area contributed by atoms with E-state index < -0.39 is 0 Å². The summed E-state index contributed by atoms with van der Waals surface area (Å²) >= 11 is 0. The van der Waals surface area contributed by atoms with E-state index in [4.69, 9.17) is 4.74 Å². The number of nitrogens with one attached hydrogen (secondary N) is 2. The fraction of sp³-hybridized carbons (Fsp3) is 0.0952. The van der Waals surface area contributed by atoms with Gasteiger partial charge in [0.1, 0.15) is 12.4 Å². The monoisotopic (exact) mass is 360 g/mol. The summed E-state index contributed by atoms with van der Waals surface area (Å²) in [5.74, 6) is 0.496. The Morgan fingerprint density at radius 2 is 1.85 bits per heavy atom. The molecule has 0 aliphatic heterocycles. The average Bonchev–Trinajstić information content (AvgIpc) is 2.73. The Balaban J connectivity index is 1.45. The second-order valence-corrected chi connectivity index (χ2v) is 5.73. The largest absolute Gasteiger partial charge is 0.489 e. The van der Waals surface area contributed by atoms with Crippen LogP contribution in [0.15, 0.2) is 84.2 Å². The van der Waals surface area contributed by atoms with Crippen molar-refractivity contribution in [3.05, 3.63) is 90.3 Å². The molecule has 0 atom stereocenters. The Kier molecular flexibility index (Phi) is 6.53. The summed E-state index contributed by atoms with van der Waals surface area (Å²) < 4.78 is 5.78. The molecule has 0 aliphatic rings. The summed E-state index contributed by atoms with van der Waals surface area (Å²) in [6.07, 6.45) is 4.90. The topological polar surface area (TPSA) is 75.6 Å². The fourth-order valence-corrected chi connectivity index (χ4v) is 2.29. The molecular formula is C21H20N4O2. The maximum absolute atomic E-state index is 11.9. The molecule has 1 heterocycles. The molecule has 0 fully saturated rings. The standard InChI is InChI=1S/C21H20N4O2/c26-21(25-24-14-17-9-11-22-12-10-17)15-23-19-7-4-8-20(13-19)27-16-18-5-2-1-3-6-18/h1-14,23H,15-16H2,(H,25,26). The number of amides is 1. The van der Waals surface area contributed by atoms with Gasteiger partial charge in [-0.2, -0.15) is 5.10 Å². The van der Waals surface area contributed by atoms with Crippen molar-refractivity contribution >= 4 is 17.8 Å². The molecule has 2 N–H and O–H groups in total. The van der Waals surface area contributed by atoms with Crippen LogP contribution in [0.1, 0.15) is 11.1 Å². The maximum Gasteiger partial charge on any atom is 0.259 e. The van der Waals surface area contributed by atoms with Crippen molar-refractivity contribution in [1.29, 1.82) is 0 Å². The van der Waals surface area contributed by atoms with Gasteiger partial charge in [0.15, 0.2) is 0 Å². The third-order valence-corrected chi connectivity index (χ3v) is 3.64. The number of aromatic nitrogens is 1. The number of ether oxygens (including phenoxy) is 1. The van der Waals surface area contributed by atoms with Gasteiger partial charge < -0.3 is 10.1 Å².